The summed E-state index contributed by atoms with van der Waals surface area (Å²) in [5, 5.41) is 7.94. The number of anilines is 1. The lowest BCUT2D eigenvalue weighted by Gasteiger charge is -2.49. The summed E-state index contributed by atoms with van der Waals surface area (Å²) in [4.78, 5) is 33.5. The van der Waals surface area contributed by atoms with Crippen LogP contribution in [0.1, 0.15) is 52.0 Å². The maximum absolute atomic E-state index is 13.0. The van der Waals surface area contributed by atoms with E-state index in [2.05, 4.69) is 96.6 Å². The topological polar surface area (TPSA) is 84.0 Å². The van der Waals surface area contributed by atoms with E-state index in [9.17, 15) is 9.59 Å². The van der Waals surface area contributed by atoms with Gasteiger partial charge < -0.3 is 24.3 Å². The van der Waals surface area contributed by atoms with Gasteiger partial charge >= 0.3 is 6.09 Å². The van der Waals surface area contributed by atoms with Gasteiger partial charge in [0.25, 0.3) is 14.2 Å². The van der Waals surface area contributed by atoms with Crippen LogP contribution in [0.25, 0.3) is 0 Å². The summed E-state index contributed by atoms with van der Waals surface area (Å²) in [5.41, 5.74) is -0.113. The van der Waals surface area contributed by atoms with Crippen LogP contribution in [0.5, 0.6) is 0 Å². The molecule has 0 radical (unpaired) electrons. The van der Waals surface area contributed by atoms with Gasteiger partial charge in [0.2, 0.25) is 0 Å². The number of thiazole rings is 1. The van der Waals surface area contributed by atoms with Crippen LogP contribution < -0.4 is 20.6 Å². The van der Waals surface area contributed by atoms with E-state index in [0.29, 0.717) is 18.8 Å². The van der Waals surface area contributed by atoms with Crippen molar-refractivity contribution in [1.29, 1.82) is 0 Å². The molecule has 2 aromatic carbocycles. The molecule has 2 aliphatic rings. The molecule has 2 aliphatic heterocycles. The molecule has 3 aromatic rings. The number of rotatable bonds is 7. The molecule has 218 valence electrons. The van der Waals surface area contributed by atoms with Crippen LogP contribution in [0, 0.1) is 0 Å². The molecule has 0 saturated carbocycles. The number of likely N-dealkylation sites (tertiary alicyclic amines) is 1. The molecule has 5 rings (SSSR count). The second kappa shape index (κ2) is 11.2. The van der Waals surface area contributed by atoms with Gasteiger partial charge in [-0.15, -0.1) is 11.3 Å². The van der Waals surface area contributed by atoms with Gasteiger partial charge in [-0.05, 0) is 36.2 Å². The van der Waals surface area contributed by atoms with Crippen LogP contribution in [0.2, 0.25) is 5.04 Å². The minimum atomic E-state index is -2.61. The van der Waals surface area contributed by atoms with E-state index in [1.165, 1.54) is 21.7 Å². The second-order valence-corrected chi connectivity index (χ2v) is 18.0. The summed E-state index contributed by atoms with van der Waals surface area (Å²) >= 11 is 1.48. The number of nitrogens with zero attached hydrogens (tertiary/aromatic N) is 3. The monoisotopic (exact) mass is 592 g/mol. The Labute approximate surface area is 247 Å². The van der Waals surface area contributed by atoms with E-state index in [1.807, 2.05) is 26.2 Å². The molecule has 0 atom stereocenters. The molecule has 2 saturated heterocycles. The molecule has 1 aromatic heterocycles. The number of hydrogen-bond acceptors (Lipinski definition) is 7. The molecule has 3 heterocycles. The highest BCUT2D eigenvalue weighted by atomic mass is 32.1. The van der Waals surface area contributed by atoms with E-state index in [1.54, 1.807) is 4.90 Å². The first-order valence-electron chi connectivity index (χ1n) is 14.1. The molecule has 8 nitrogen and oxygen atoms in total. The molecule has 1 N–H and O–H groups in total. The Kier molecular flexibility index (Phi) is 8.02. The first kappa shape index (κ1) is 29.3. The quantitative estimate of drug-likeness (QED) is 0.413. The Morgan fingerprint density at radius 1 is 0.902 bits per heavy atom. The number of nitrogens with one attached hydrogen (secondary N) is 1. The molecule has 0 spiro atoms. The van der Waals surface area contributed by atoms with Crippen LogP contribution in [0.4, 0.5) is 9.93 Å². The van der Waals surface area contributed by atoms with E-state index >= 15 is 0 Å². The SMILES string of the molecule is CC(C)(C)OC(=O)NC1CN(C(=O)c2csc(N3CC(O[Si](c4ccccc4)(c4ccccc4)C(C)(C)C)C3)n2)C1. The highest BCUT2D eigenvalue weighted by Crippen LogP contribution is 2.39. The fourth-order valence-corrected chi connectivity index (χ4v) is 11.0. The number of ether oxygens (including phenoxy) is 1. The third kappa shape index (κ3) is 6.19. The first-order valence-corrected chi connectivity index (χ1v) is 16.9. The van der Waals surface area contributed by atoms with Crippen molar-refractivity contribution >= 4 is 47.2 Å². The highest BCUT2D eigenvalue weighted by Gasteiger charge is 2.52. The molecule has 0 aliphatic carbocycles. The van der Waals surface area contributed by atoms with Crippen LogP contribution in [-0.2, 0) is 9.16 Å². The maximum atomic E-state index is 13.0. The zero-order valence-electron chi connectivity index (χ0n) is 24.7. The molecule has 2 amide bonds. The normalized spacial score (nSPS) is 16.6. The van der Waals surface area contributed by atoms with Crippen molar-refractivity contribution in [1.82, 2.24) is 15.2 Å². The van der Waals surface area contributed by atoms with Crippen molar-refractivity contribution < 1.29 is 18.8 Å². The zero-order valence-corrected chi connectivity index (χ0v) is 26.5. The summed E-state index contributed by atoms with van der Waals surface area (Å²) in [5.74, 6) is -0.115. The summed E-state index contributed by atoms with van der Waals surface area (Å²) in [7, 11) is -2.61. The number of benzene rings is 2. The van der Waals surface area contributed by atoms with Crippen LogP contribution in [0.3, 0.4) is 0 Å². The van der Waals surface area contributed by atoms with Crippen molar-refractivity contribution in [3.8, 4) is 0 Å². The molecule has 0 unspecified atom stereocenters. The Balaban J connectivity index is 1.21. The van der Waals surface area contributed by atoms with Crippen molar-refractivity contribution in [2.45, 2.75) is 64.3 Å². The number of alkyl carbamates (subject to hydrolysis) is 1. The number of amides is 2. The molecule has 2 fully saturated rings. The highest BCUT2D eigenvalue weighted by molar-refractivity contribution is 7.14. The van der Waals surface area contributed by atoms with Gasteiger partial charge in [-0.3, -0.25) is 4.79 Å². The van der Waals surface area contributed by atoms with Crippen molar-refractivity contribution in [3.05, 3.63) is 71.7 Å². The first-order chi connectivity index (χ1) is 19.4. The van der Waals surface area contributed by atoms with Gasteiger partial charge in [-0.1, -0.05) is 81.4 Å². The van der Waals surface area contributed by atoms with E-state index < -0.39 is 20.0 Å². The van der Waals surface area contributed by atoms with E-state index in [4.69, 9.17) is 9.16 Å². The van der Waals surface area contributed by atoms with Gasteiger partial charge in [-0.25, -0.2) is 9.78 Å². The van der Waals surface area contributed by atoms with Crippen LogP contribution in [0.15, 0.2) is 66.0 Å². The zero-order chi connectivity index (χ0) is 29.4. The number of aromatic nitrogens is 1. The predicted molar refractivity (Wildman–Crippen MR) is 166 cm³/mol. The minimum absolute atomic E-state index is 0.0689. The molecule has 0 bridgehead atoms. The van der Waals surface area contributed by atoms with E-state index in [0.717, 1.165) is 18.2 Å². The lowest BCUT2D eigenvalue weighted by molar-refractivity contribution is 0.0357. The third-order valence-corrected chi connectivity index (χ3v) is 13.5. The second-order valence-electron chi connectivity index (χ2n) is 12.9. The lowest BCUT2D eigenvalue weighted by Crippen LogP contribution is -2.70. The summed E-state index contributed by atoms with van der Waals surface area (Å²) < 4.78 is 12.5. The number of carbonyl (C=O) groups is 2. The van der Waals surface area contributed by atoms with Crippen LogP contribution in [-0.4, -0.2) is 74.1 Å². The maximum Gasteiger partial charge on any atom is 0.407 e. The Morgan fingerprint density at radius 3 is 1.98 bits per heavy atom. The molecular formula is C31H40N4O4SSi. The predicted octanol–water partition coefficient (Wildman–Crippen LogP) is 4.26. The smallest absolute Gasteiger partial charge is 0.407 e. The summed E-state index contributed by atoms with van der Waals surface area (Å²) in [6.45, 7) is 14.7. The van der Waals surface area contributed by atoms with Crippen LogP contribution >= 0.6 is 11.3 Å². The number of carbonyl (C=O) groups excluding carboxylic acids is 2. The van der Waals surface area contributed by atoms with Gasteiger partial charge in [0.1, 0.15) is 11.3 Å². The summed E-state index contributed by atoms with van der Waals surface area (Å²) in [6.07, 6.45) is -0.391. The average Bonchev–Trinajstić information content (AvgIpc) is 3.34. The minimum Gasteiger partial charge on any atom is -0.444 e. The fourth-order valence-electron chi connectivity index (χ4n) is 5.49. The third-order valence-electron chi connectivity index (χ3n) is 7.48. The van der Waals surface area contributed by atoms with Gasteiger partial charge in [0.15, 0.2) is 5.13 Å². The Bertz CT molecular complexity index is 1320. The van der Waals surface area contributed by atoms with Gasteiger partial charge in [-0.2, -0.15) is 0 Å². The van der Waals surface area contributed by atoms with Crippen molar-refractivity contribution in [2.24, 2.45) is 0 Å². The van der Waals surface area contributed by atoms with Crippen molar-refractivity contribution in [3.63, 3.8) is 0 Å². The fraction of sp³-hybridized carbons (Fsp3) is 0.452. The summed E-state index contributed by atoms with van der Waals surface area (Å²) in [6, 6.07) is 21.3. The average molecular weight is 593 g/mol. The Morgan fingerprint density at radius 2 is 1.46 bits per heavy atom. The largest absolute Gasteiger partial charge is 0.444 e. The van der Waals surface area contributed by atoms with E-state index in [-0.39, 0.29) is 23.1 Å². The molecule has 41 heavy (non-hydrogen) atoms. The number of hydrogen-bond donors (Lipinski definition) is 1. The van der Waals surface area contributed by atoms with Gasteiger partial charge in [0, 0.05) is 31.6 Å². The lowest BCUT2D eigenvalue weighted by atomic mass is 10.1. The van der Waals surface area contributed by atoms with Gasteiger partial charge in [0.05, 0.1) is 12.1 Å². The molecule has 10 heteroatoms. The Hall–Kier alpha value is -3.21. The molecular weight excluding hydrogens is 553 g/mol. The van der Waals surface area contributed by atoms with Crippen molar-refractivity contribution in [2.75, 3.05) is 31.1 Å². The standard InChI is InChI=1S/C31H40N4O4SSi/c1-30(2,3)38-29(37)32-22-17-34(18-22)27(36)26-21-40-28(33-26)35-19-23(20-35)39-41(31(4,5)6,24-13-9-7-10-14-24)25-15-11-8-12-16-25/h7-16,21-23H,17-20H2,1-6H3,(H,32,37).